The third kappa shape index (κ3) is 19.9. The summed E-state index contributed by atoms with van der Waals surface area (Å²) in [4.78, 5) is 0. The zero-order valence-corrected chi connectivity index (χ0v) is 17.8. The molecule has 0 aliphatic rings. The number of allylic oxidation sites excluding steroid dienone is 2. The topological polar surface area (TPSA) is 26.0 Å². The highest BCUT2D eigenvalue weighted by molar-refractivity contribution is 4.99. The van der Waals surface area contributed by atoms with Crippen molar-refractivity contribution >= 4 is 0 Å². The predicted octanol–water partition coefficient (Wildman–Crippen LogP) is 8.32. The standard InChI is InChI=1S/C24H49N/c1-3-5-6-7-8-9-10-11-12-13-14-15-16-17-18-19-21-24(4-2)22-20-23-25/h4H,3,5-23,25H2,1-2H3. The molecule has 1 nitrogen and oxygen atoms in total. The lowest BCUT2D eigenvalue weighted by atomic mass is 10.0. The molecule has 0 radical (unpaired) electrons. The maximum atomic E-state index is 5.59. The van der Waals surface area contributed by atoms with Crippen LogP contribution in [0.3, 0.4) is 0 Å². The maximum Gasteiger partial charge on any atom is -0.00742 e. The van der Waals surface area contributed by atoms with E-state index in [0.29, 0.717) is 0 Å². The molecule has 0 unspecified atom stereocenters. The van der Waals surface area contributed by atoms with E-state index in [2.05, 4.69) is 19.9 Å². The molecule has 1 heteroatoms. The van der Waals surface area contributed by atoms with E-state index in [1.807, 2.05) is 0 Å². The van der Waals surface area contributed by atoms with Gasteiger partial charge in [-0.05, 0) is 39.2 Å². The summed E-state index contributed by atoms with van der Waals surface area (Å²) < 4.78 is 0. The number of rotatable bonds is 20. The molecule has 0 aromatic rings. The molecule has 0 rings (SSSR count). The van der Waals surface area contributed by atoms with Crippen LogP contribution in [0.25, 0.3) is 0 Å². The van der Waals surface area contributed by atoms with Crippen molar-refractivity contribution in [3.05, 3.63) is 11.6 Å². The van der Waals surface area contributed by atoms with Crippen molar-refractivity contribution in [2.75, 3.05) is 6.54 Å². The average Bonchev–Trinajstić information content (AvgIpc) is 2.63. The lowest BCUT2D eigenvalue weighted by Gasteiger charge is -2.06. The zero-order chi connectivity index (χ0) is 18.4. The van der Waals surface area contributed by atoms with Crippen LogP contribution >= 0.6 is 0 Å². The molecule has 0 aromatic heterocycles. The third-order valence-corrected chi connectivity index (χ3v) is 5.46. The van der Waals surface area contributed by atoms with E-state index in [1.54, 1.807) is 5.57 Å². The van der Waals surface area contributed by atoms with Crippen molar-refractivity contribution in [2.45, 2.75) is 136 Å². The molecule has 0 heterocycles. The van der Waals surface area contributed by atoms with Gasteiger partial charge >= 0.3 is 0 Å². The van der Waals surface area contributed by atoms with E-state index in [9.17, 15) is 0 Å². The molecule has 0 aromatic carbocycles. The summed E-state index contributed by atoms with van der Waals surface area (Å²) in [6.07, 6.45) is 29.1. The Hall–Kier alpha value is -0.300. The molecule has 0 fully saturated rings. The first kappa shape index (κ1) is 24.7. The Morgan fingerprint density at radius 2 is 0.920 bits per heavy atom. The monoisotopic (exact) mass is 351 g/mol. The molecule has 0 spiro atoms. The summed E-state index contributed by atoms with van der Waals surface area (Å²) in [6, 6.07) is 0. The fraction of sp³-hybridized carbons (Fsp3) is 0.917. The summed E-state index contributed by atoms with van der Waals surface area (Å²) in [5.74, 6) is 0. The molecular formula is C24H49N. The second-order valence-electron chi connectivity index (χ2n) is 7.89. The molecule has 0 saturated carbocycles. The van der Waals surface area contributed by atoms with Gasteiger partial charge < -0.3 is 5.73 Å². The van der Waals surface area contributed by atoms with Gasteiger partial charge in [0.15, 0.2) is 0 Å². The van der Waals surface area contributed by atoms with Gasteiger partial charge in [0.05, 0.1) is 0 Å². The van der Waals surface area contributed by atoms with Gasteiger partial charge in [-0.3, -0.25) is 0 Å². The molecule has 0 aliphatic carbocycles. The molecule has 150 valence electrons. The number of unbranched alkanes of at least 4 members (excludes halogenated alkanes) is 15. The molecular weight excluding hydrogens is 302 g/mol. The Labute approximate surface area is 160 Å². The fourth-order valence-electron chi connectivity index (χ4n) is 3.64. The first-order valence-electron chi connectivity index (χ1n) is 11.7. The van der Waals surface area contributed by atoms with Gasteiger partial charge in [-0.2, -0.15) is 0 Å². The number of hydrogen-bond donors (Lipinski definition) is 1. The number of nitrogens with two attached hydrogens (primary N) is 1. The van der Waals surface area contributed by atoms with Gasteiger partial charge in [0.1, 0.15) is 0 Å². The van der Waals surface area contributed by atoms with Gasteiger partial charge in [-0.25, -0.2) is 0 Å². The van der Waals surface area contributed by atoms with Crippen molar-refractivity contribution < 1.29 is 0 Å². The summed E-state index contributed by atoms with van der Waals surface area (Å²) in [5.41, 5.74) is 7.22. The van der Waals surface area contributed by atoms with Crippen LogP contribution in [-0.2, 0) is 0 Å². The van der Waals surface area contributed by atoms with E-state index < -0.39 is 0 Å². The summed E-state index contributed by atoms with van der Waals surface area (Å²) >= 11 is 0. The Balaban J connectivity index is 3.14. The lowest BCUT2D eigenvalue weighted by molar-refractivity contribution is 0.529. The van der Waals surface area contributed by atoms with E-state index in [1.165, 1.54) is 116 Å². The predicted molar refractivity (Wildman–Crippen MR) is 116 cm³/mol. The summed E-state index contributed by atoms with van der Waals surface area (Å²) in [7, 11) is 0. The highest BCUT2D eigenvalue weighted by Gasteiger charge is 1.98. The molecule has 2 N–H and O–H groups in total. The Kier molecular flexibility index (Phi) is 21.5. The highest BCUT2D eigenvalue weighted by atomic mass is 14.5. The molecule has 0 atom stereocenters. The van der Waals surface area contributed by atoms with Crippen LogP contribution in [0.2, 0.25) is 0 Å². The van der Waals surface area contributed by atoms with Crippen molar-refractivity contribution in [3.8, 4) is 0 Å². The van der Waals surface area contributed by atoms with Crippen LogP contribution < -0.4 is 5.73 Å². The maximum absolute atomic E-state index is 5.59. The van der Waals surface area contributed by atoms with Crippen molar-refractivity contribution in [2.24, 2.45) is 5.73 Å². The zero-order valence-electron chi connectivity index (χ0n) is 17.8. The quantitative estimate of drug-likeness (QED) is 0.173. The first-order chi connectivity index (χ1) is 12.3. The van der Waals surface area contributed by atoms with Crippen LogP contribution in [0.15, 0.2) is 11.6 Å². The Morgan fingerprint density at radius 1 is 0.560 bits per heavy atom. The van der Waals surface area contributed by atoms with E-state index in [-0.39, 0.29) is 0 Å². The lowest BCUT2D eigenvalue weighted by Crippen LogP contribution is -1.99. The third-order valence-electron chi connectivity index (χ3n) is 5.46. The van der Waals surface area contributed by atoms with Crippen LogP contribution in [0.1, 0.15) is 136 Å². The average molecular weight is 352 g/mol. The van der Waals surface area contributed by atoms with E-state index in [0.717, 1.165) is 13.0 Å². The normalized spacial score (nSPS) is 12.0. The van der Waals surface area contributed by atoms with Crippen molar-refractivity contribution in [3.63, 3.8) is 0 Å². The minimum atomic E-state index is 0.830. The second kappa shape index (κ2) is 21.7. The van der Waals surface area contributed by atoms with Gasteiger partial charge in [-0.1, -0.05) is 115 Å². The van der Waals surface area contributed by atoms with Crippen LogP contribution in [0.5, 0.6) is 0 Å². The van der Waals surface area contributed by atoms with Crippen molar-refractivity contribution in [1.29, 1.82) is 0 Å². The van der Waals surface area contributed by atoms with Gasteiger partial charge in [-0.15, -0.1) is 0 Å². The smallest absolute Gasteiger partial charge is 0.00742 e. The van der Waals surface area contributed by atoms with Crippen molar-refractivity contribution in [1.82, 2.24) is 0 Å². The minimum absolute atomic E-state index is 0.830. The SMILES string of the molecule is CC=C(CCCN)CCCCCCCCCCCCCCCCCC. The van der Waals surface area contributed by atoms with Crippen LogP contribution in [-0.4, -0.2) is 6.54 Å². The van der Waals surface area contributed by atoms with Gasteiger partial charge in [0, 0.05) is 0 Å². The Bertz CT molecular complexity index is 269. The fourth-order valence-corrected chi connectivity index (χ4v) is 3.64. The second-order valence-corrected chi connectivity index (χ2v) is 7.89. The molecule has 0 amide bonds. The largest absolute Gasteiger partial charge is 0.330 e. The number of hydrogen-bond acceptors (Lipinski definition) is 1. The summed E-state index contributed by atoms with van der Waals surface area (Å²) in [5, 5.41) is 0. The van der Waals surface area contributed by atoms with Gasteiger partial charge in [0.2, 0.25) is 0 Å². The minimum Gasteiger partial charge on any atom is -0.330 e. The molecule has 0 aliphatic heterocycles. The highest BCUT2D eigenvalue weighted by Crippen LogP contribution is 2.17. The van der Waals surface area contributed by atoms with E-state index in [4.69, 9.17) is 5.73 Å². The van der Waals surface area contributed by atoms with E-state index >= 15 is 0 Å². The molecule has 25 heavy (non-hydrogen) atoms. The summed E-state index contributed by atoms with van der Waals surface area (Å²) in [6.45, 7) is 5.30. The Morgan fingerprint density at radius 3 is 1.28 bits per heavy atom. The van der Waals surface area contributed by atoms with Crippen LogP contribution in [0.4, 0.5) is 0 Å². The first-order valence-corrected chi connectivity index (χ1v) is 11.7. The van der Waals surface area contributed by atoms with Gasteiger partial charge in [0.25, 0.3) is 0 Å². The van der Waals surface area contributed by atoms with Crippen LogP contribution in [0, 0.1) is 0 Å². The molecule has 0 saturated heterocycles. The molecule has 0 bridgehead atoms.